The van der Waals surface area contributed by atoms with E-state index < -0.39 is 11.6 Å². The second-order valence-electron chi connectivity index (χ2n) is 12.6. The number of halogens is 2. The van der Waals surface area contributed by atoms with Crippen LogP contribution in [0.4, 0.5) is 14.6 Å². The lowest BCUT2D eigenvalue weighted by atomic mass is 10.0. The molecule has 0 aliphatic heterocycles. The first kappa shape index (κ1) is 33.1. The fraction of sp³-hybridized carbons (Fsp3) is 0.100. The molecule has 0 atom stereocenters. The van der Waals surface area contributed by atoms with Gasteiger partial charge in [0.2, 0.25) is 0 Å². The molecule has 260 valence electrons. The Bertz CT molecular complexity index is 2760. The molecule has 0 bridgehead atoms. The lowest BCUT2D eigenvalue weighted by Gasteiger charge is -2.18. The van der Waals surface area contributed by atoms with Crippen LogP contribution in [0.3, 0.4) is 0 Å². The van der Waals surface area contributed by atoms with E-state index in [9.17, 15) is 9.59 Å². The average molecular weight is 706 g/mol. The first-order valence-corrected chi connectivity index (χ1v) is 16.6. The van der Waals surface area contributed by atoms with Crippen LogP contribution in [-0.4, -0.2) is 46.1 Å². The van der Waals surface area contributed by atoms with E-state index >= 15 is 8.78 Å². The lowest BCUT2D eigenvalue weighted by molar-refractivity contribution is 0.595. The summed E-state index contributed by atoms with van der Waals surface area (Å²) in [6, 6.07) is 20.5. The number of hydrogen-bond donors (Lipinski definition) is 0. The molecule has 8 rings (SSSR count). The number of fused-ring (bicyclic) bond motifs is 2. The zero-order valence-electron chi connectivity index (χ0n) is 28.3. The number of aromatic nitrogens is 8. The molecule has 0 saturated heterocycles. The molecule has 53 heavy (non-hydrogen) atoms. The Hall–Kier alpha value is -7.02. The largest absolute Gasteiger partial charge is 0.355 e. The predicted octanol–water partition coefficient (Wildman–Crippen LogP) is 6.03. The Balaban J connectivity index is 0.935. The second kappa shape index (κ2) is 13.9. The zero-order chi connectivity index (χ0) is 36.5. The van der Waals surface area contributed by atoms with Gasteiger partial charge in [-0.25, -0.2) is 28.7 Å². The van der Waals surface area contributed by atoms with Crippen LogP contribution < -0.4 is 16.0 Å². The number of hydrogen-bond acceptors (Lipinski definition) is 9. The van der Waals surface area contributed by atoms with Gasteiger partial charge in [-0.15, -0.1) is 0 Å². The summed E-state index contributed by atoms with van der Waals surface area (Å²) in [6.07, 6.45) is 12.4. The standard InChI is InChI=1S/C40H29F2N9O2/c1-49(37-7-6-29(18-45-37)28-3-5-30(34(42)16-28)21-50-24-48-36-19-44-13-10-32(36)39(50)52)20-25-14-35-38(46-17-25)40(53)51(23-47-35)22-31-4-2-27(15-33(31)41)26-8-11-43-12-9-26/h2-19,23-24H,20-22H2,1H3. The summed E-state index contributed by atoms with van der Waals surface area (Å²) in [5, 5.41) is 0.420. The summed E-state index contributed by atoms with van der Waals surface area (Å²) in [4.78, 5) is 53.8. The van der Waals surface area contributed by atoms with Crippen molar-refractivity contribution < 1.29 is 8.78 Å². The SMILES string of the molecule is CN(Cc1cnc2c(=O)n(Cc3ccc(-c4ccncc4)cc3F)cnc2c1)c1ccc(-c2ccc(Cn3cnc4cnccc4c3=O)c(F)c2)cn1. The van der Waals surface area contributed by atoms with Crippen molar-refractivity contribution in [3.63, 3.8) is 0 Å². The van der Waals surface area contributed by atoms with Gasteiger partial charge >= 0.3 is 0 Å². The van der Waals surface area contributed by atoms with Crippen LogP contribution >= 0.6 is 0 Å². The van der Waals surface area contributed by atoms with Gasteiger partial charge in [-0.2, -0.15) is 0 Å². The molecule has 0 radical (unpaired) electrons. The zero-order valence-corrected chi connectivity index (χ0v) is 28.3. The van der Waals surface area contributed by atoms with E-state index in [1.807, 2.05) is 30.1 Å². The van der Waals surface area contributed by atoms with Crippen molar-refractivity contribution in [3.05, 3.63) is 172 Å². The Kier molecular flexibility index (Phi) is 8.72. The van der Waals surface area contributed by atoms with Gasteiger partial charge in [0.25, 0.3) is 11.1 Å². The van der Waals surface area contributed by atoms with Crippen molar-refractivity contribution in [1.29, 1.82) is 0 Å². The van der Waals surface area contributed by atoms with Gasteiger partial charge in [0, 0.05) is 61.3 Å². The summed E-state index contributed by atoms with van der Waals surface area (Å²) >= 11 is 0. The van der Waals surface area contributed by atoms with Gasteiger partial charge in [0.1, 0.15) is 17.5 Å². The van der Waals surface area contributed by atoms with Gasteiger partial charge < -0.3 is 4.90 Å². The monoisotopic (exact) mass is 705 g/mol. The molecule has 0 N–H and O–H groups in total. The normalized spacial score (nSPS) is 11.3. The Labute approximate surface area is 300 Å². The second-order valence-corrected chi connectivity index (χ2v) is 12.6. The van der Waals surface area contributed by atoms with Crippen molar-refractivity contribution >= 4 is 27.8 Å². The number of nitrogens with zero attached hydrogens (tertiary/aromatic N) is 9. The average Bonchev–Trinajstić information content (AvgIpc) is 3.19. The highest BCUT2D eigenvalue weighted by atomic mass is 19.1. The highest BCUT2D eigenvalue weighted by molar-refractivity contribution is 5.76. The molecule has 6 aromatic heterocycles. The van der Waals surface area contributed by atoms with E-state index in [0.29, 0.717) is 45.5 Å². The van der Waals surface area contributed by atoms with Crippen LogP contribution in [0.2, 0.25) is 0 Å². The van der Waals surface area contributed by atoms with Crippen molar-refractivity contribution in [3.8, 4) is 22.3 Å². The molecule has 11 nitrogen and oxygen atoms in total. The van der Waals surface area contributed by atoms with Crippen molar-refractivity contribution in [2.24, 2.45) is 0 Å². The van der Waals surface area contributed by atoms with Crippen LogP contribution in [0.1, 0.15) is 16.7 Å². The molecular weight excluding hydrogens is 676 g/mol. The molecule has 6 heterocycles. The molecule has 0 aliphatic rings. The van der Waals surface area contributed by atoms with E-state index in [4.69, 9.17) is 0 Å². The highest BCUT2D eigenvalue weighted by Gasteiger charge is 2.14. The van der Waals surface area contributed by atoms with Gasteiger partial charge in [-0.3, -0.25) is 28.7 Å². The summed E-state index contributed by atoms with van der Waals surface area (Å²) in [5.41, 5.74) is 4.92. The molecule has 0 fully saturated rings. The molecule has 2 aromatic carbocycles. The van der Waals surface area contributed by atoms with Crippen LogP contribution in [0.25, 0.3) is 44.2 Å². The third-order valence-corrected chi connectivity index (χ3v) is 9.04. The maximum absolute atomic E-state index is 15.2. The number of anilines is 1. The van der Waals surface area contributed by atoms with E-state index in [-0.39, 0.29) is 29.7 Å². The minimum absolute atomic E-state index is 0.0114. The smallest absolute Gasteiger partial charge is 0.280 e. The van der Waals surface area contributed by atoms with E-state index in [1.165, 1.54) is 46.3 Å². The van der Waals surface area contributed by atoms with Crippen molar-refractivity contribution in [2.45, 2.75) is 19.6 Å². The first-order chi connectivity index (χ1) is 25.8. The number of benzene rings is 2. The maximum atomic E-state index is 15.2. The van der Waals surface area contributed by atoms with Gasteiger partial charge in [-0.1, -0.05) is 24.3 Å². The first-order valence-electron chi connectivity index (χ1n) is 16.6. The lowest BCUT2D eigenvalue weighted by Crippen LogP contribution is -2.23. The third-order valence-electron chi connectivity index (χ3n) is 9.04. The predicted molar refractivity (Wildman–Crippen MR) is 197 cm³/mol. The summed E-state index contributed by atoms with van der Waals surface area (Å²) in [7, 11) is 1.88. The Morgan fingerprint density at radius 2 is 1.25 bits per heavy atom. The topological polar surface area (TPSA) is 125 Å². The van der Waals surface area contributed by atoms with E-state index in [1.54, 1.807) is 67.3 Å². The summed E-state index contributed by atoms with van der Waals surface area (Å²) in [6.45, 7) is 0.477. The van der Waals surface area contributed by atoms with Crippen molar-refractivity contribution in [2.75, 3.05) is 11.9 Å². The van der Waals surface area contributed by atoms with E-state index in [0.717, 1.165) is 22.3 Å². The van der Waals surface area contributed by atoms with Crippen LogP contribution in [-0.2, 0) is 19.6 Å². The molecule has 8 aromatic rings. The van der Waals surface area contributed by atoms with Crippen molar-refractivity contribution in [1.82, 2.24) is 39.0 Å². The highest BCUT2D eigenvalue weighted by Crippen LogP contribution is 2.25. The Morgan fingerprint density at radius 3 is 1.92 bits per heavy atom. The number of rotatable bonds is 9. The minimum atomic E-state index is -0.447. The fourth-order valence-electron chi connectivity index (χ4n) is 6.16. The van der Waals surface area contributed by atoms with Gasteiger partial charge in [0.05, 0.1) is 48.4 Å². The molecular formula is C40H29F2N9O2. The third kappa shape index (κ3) is 6.75. The number of pyridine rings is 4. The minimum Gasteiger partial charge on any atom is -0.355 e. The molecule has 0 amide bonds. The molecule has 0 unspecified atom stereocenters. The van der Waals surface area contributed by atoms with Crippen LogP contribution in [0, 0.1) is 11.6 Å². The fourth-order valence-corrected chi connectivity index (χ4v) is 6.16. The molecule has 0 spiro atoms. The molecule has 0 saturated carbocycles. The Morgan fingerprint density at radius 1 is 0.604 bits per heavy atom. The quantitative estimate of drug-likeness (QED) is 0.177. The molecule has 0 aliphatic carbocycles. The molecule has 13 heteroatoms. The maximum Gasteiger partial charge on any atom is 0.280 e. The van der Waals surface area contributed by atoms with Crippen LogP contribution in [0.15, 0.2) is 132 Å². The van der Waals surface area contributed by atoms with Gasteiger partial charge in [0.15, 0.2) is 5.52 Å². The summed E-state index contributed by atoms with van der Waals surface area (Å²) < 4.78 is 33.0. The van der Waals surface area contributed by atoms with Gasteiger partial charge in [-0.05, 0) is 70.8 Å². The van der Waals surface area contributed by atoms with Crippen LogP contribution in [0.5, 0.6) is 0 Å². The summed E-state index contributed by atoms with van der Waals surface area (Å²) in [5.74, 6) is -0.199. The van der Waals surface area contributed by atoms with E-state index in [2.05, 4.69) is 29.9 Å².